The second kappa shape index (κ2) is 11.1. The quantitative estimate of drug-likeness (QED) is 0.460. The molecule has 0 bridgehead atoms. The maximum absolute atomic E-state index is 12.6. The number of carboxylic acids is 2. The average molecular weight is 428 g/mol. The lowest BCUT2D eigenvalue weighted by Gasteiger charge is -2.27. The van der Waals surface area contributed by atoms with E-state index in [2.05, 4.69) is 5.32 Å². The number of carboxylic acid groups (broad SMARTS) is 2. The van der Waals surface area contributed by atoms with Crippen molar-refractivity contribution in [2.45, 2.75) is 32.4 Å². The second-order valence-corrected chi connectivity index (χ2v) is 7.76. The lowest BCUT2D eigenvalue weighted by molar-refractivity contribution is -0.147. The molecule has 0 radical (unpaired) electrons. The van der Waals surface area contributed by atoms with Crippen LogP contribution in [0.2, 0.25) is 0 Å². The van der Waals surface area contributed by atoms with Gasteiger partial charge in [-0.05, 0) is 22.6 Å². The number of aliphatic hydroxyl groups excluding tert-OH is 1. The topological polar surface area (TPSA) is 127 Å². The Morgan fingerprint density at radius 2 is 1.45 bits per heavy atom. The predicted octanol–water partition coefficient (Wildman–Crippen LogP) is 2.46. The molecule has 0 aliphatic rings. The van der Waals surface area contributed by atoms with Crippen LogP contribution in [-0.4, -0.2) is 63.4 Å². The predicted molar refractivity (Wildman–Crippen MR) is 116 cm³/mol. The first kappa shape index (κ1) is 23.9. The Kier molecular flexibility index (Phi) is 8.57. The first-order valence-electron chi connectivity index (χ1n) is 10.0. The molecule has 0 aliphatic carbocycles. The van der Waals surface area contributed by atoms with Gasteiger partial charge in [0.15, 0.2) is 6.10 Å². The highest BCUT2D eigenvalue weighted by Gasteiger charge is 2.27. The molecule has 0 saturated heterocycles. The van der Waals surface area contributed by atoms with Crippen LogP contribution in [0.15, 0.2) is 54.6 Å². The number of nitrogens with zero attached hydrogens (tertiary/aromatic N) is 1. The van der Waals surface area contributed by atoms with E-state index in [-0.39, 0.29) is 18.9 Å². The number of carbonyl (C=O) groups is 3. The summed E-state index contributed by atoms with van der Waals surface area (Å²) in [6, 6.07) is 15.2. The molecule has 0 aromatic heterocycles. The number of amides is 2. The van der Waals surface area contributed by atoms with E-state index in [0.717, 1.165) is 21.6 Å². The minimum Gasteiger partial charge on any atom is -0.480 e. The van der Waals surface area contributed by atoms with Gasteiger partial charge in [0.2, 0.25) is 0 Å². The normalized spacial score (nSPS) is 12.8. The summed E-state index contributed by atoms with van der Waals surface area (Å²) in [6.45, 7) is 3.40. The summed E-state index contributed by atoms with van der Waals surface area (Å²) >= 11 is 0. The maximum atomic E-state index is 12.6. The van der Waals surface area contributed by atoms with E-state index in [0.29, 0.717) is 0 Å². The van der Waals surface area contributed by atoms with Crippen LogP contribution in [0.3, 0.4) is 0 Å². The molecule has 31 heavy (non-hydrogen) atoms. The van der Waals surface area contributed by atoms with Gasteiger partial charge in [0, 0.05) is 13.0 Å². The van der Waals surface area contributed by atoms with Gasteiger partial charge in [-0.15, -0.1) is 0 Å². The van der Waals surface area contributed by atoms with Crippen molar-refractivity contribution >= 4 is 18.0 Å². The number of benzene rings is 2. The minimum atomic E-state index is -1.75. The molecule has 0 spiro atoms. The van der Waals surface area contributed by atoms with E-state index >= 15 is 0 Å². The molecule has 2 aromatic rings. The molecule has 0 fully saturated rings. The van der Waals surface area contributed by atoms with E-state index in [1.165, 1.54) is 0 Å². The zero-order valence-corrected chi connectivity index (χ0v) is 17.6. The third-order valence-electron chi connectivity index (χ3n) is 4.65. The van der Waals surface area contributed by atoms with Gasteiger partial charge in [-0.1, -0.05) is 68.4 Å². The van der Waals surface area contributed by atoms with Crippen molar-refractivity contribution in [3.05, 3.63) is 60.2 Å². The fourth-order valence-corrected chi connectivity index (χ4v) is 3.11. The summed E-state index contributed by atoms with van der Waals surface area (Å²) in [7, 11) is 0. The molecule has 2 aromatic carbocycles. The van der Waals surface area contributed by atoms with Gasteiger partial charge in [-0.2, -0.15) is 0 Å². The number of carbonyl (C=O) groups excluding carboxylic acids is 1. The molecule has 0 heterocycles. The fourth-order valence-electron chi connectivity index (χ4n) is 3.11. The van der Waals surface area contributed by atoms with E-state index in [1.807, 2.05) is 68.4 Å². The number of aliphatic carboxylic acids is 2. The summed E-state index contributed by atoms with van der Waals surface area (Å²) in [5, 5.41) is 30.6. The van der Waals surface area contributed by atoms with E-state index in [1.54, 1.807) is 0 Å². The highest BCUT2D eigenvalue weighted by Crippen LogP contribution is 2.19. The van der Waals surface area contributed by atoms with Crippen molar-refractivity contribution in [1.82, 2.24) is 10.2 Å². The zero-order valence-electron chi connectivity index (χ0n) is 17.6. The minimum absolute atomic E-state index is 0.000513. The van der Waals surface area contributed by atoms with Crippen molar-refractivity contribution in [2.24, 2.45) is 5.92 Å². The second-order valence-electron chi connectivity index (χ2n) is 7.76. The van der Waals surface area contributed by atoms with Crippen LogP contribution >= 0.6 is 0 Å². The first-order chi connectivity index (χ1) is 14.7. The number of rotatable bonds is 10. The van der Waals surface area contributed by atoms with Gasteiger partial charge in [-0.25, -0.2) is 14.4 Å². The molecule has 2 rings (SSSR count). The standard InChI is InChI=1S/C23H28N2O6/c1-15(2)13-25(14-20(26)22(29)30)23(31)24-19(21(27)28)12-16-8-10-18(11-9-16)17-6-4-3-5-7-17/h3-11,15,19-20,26H,12-14H2,1-2H3,(H,24,31)(H,27,28)(H,29,30)/t19-,20?/m0/s1. The molecule has 2 atom stereocenters. The Labute approximate surface area is 181 Å². The van der Waals surface area contributed by atoms with Crippen LogP contribution in [0, 0.1) is 5.92 Å². The van der Waals surface area contributed by atoms with Gasteiger partial charge < -0.3 is 25.5 Å². The summed E-state index contributed by atoms with van der Waals surface area (Å²) in [4.78, 5) is 36.4. The van der Waals surface area contributed by atoms with Crippen LogP contribution in [-0.2, 0) is 16.0 Å². The molecule has 8 heteroatoms. The Bertz CT molecular complexity index is 883. The van der Waals surface area contributed by atoms with Crippen molar-refractivity contribution in [3.63, 3.8) is 0 Å². The Balaban J connectivity index is 2.09. The fraction of sp³-hybridized carbons (Fsp3) is 0.348. The van der Waals surface area contributed by atoms with Crippen molar-refractivity contribution in [1.29, 1.82) is 0 Å². The largest absolute Gasteiger partial charge is 0.480 e. The van der Waals surface area contributed by atoms with Crippen LogP contribution in [0.1, 0.15) is 19.4 Å². The molecule has 1 unspecified atom stereocenters. The van der Waals surface area contributed by atoms with Crippen molar-refractivity contribution in [3.8, 4) is 11.1 Å². The SMILES string of the molecule is CC(C)CN(CC(O)C(=O)O)C(=O)N[C@@H](Cc1ccc(-c2ccccc2)cc1)C(=O)O. The van der Waals surface area contributed by atoms with E-state index < -0.39 is 36.7 Å². The van der Waals surface area contributed by atoms with Gasteiger partial charge in [0.25, 0.3) is 0 Å². The summed E-state index contributed by atoms with van der Waals surface area (Å²) in [5.74, 6) is -2.65. The van der Waals surface area contributed by atoms with Crippen molar-refractivity contribution < 1.29 is 29.7 Å². The Hall–Kier alpha value is -3.39. The number of urea groups is 1. The number of hydrogen-bond donors (Lipinski definition) is 4. The summed E-state index contributed by atoms with van der Waals surface area (Å²) < 4.78 is 0. The van der Waals surface area contributed by atoms with Gasteiger partial charge >= 0.3 is 18.0 Å². The molecule has 8 nitrogen and oxygen atoms in total. The number of aliphatic hydroxyl groups is 1. The smallest absolute Gasteiger partial charge is 0.334 e. The molecular formula is C23H28N2O6. The lowest BCUT2D eigenvalue weighted by Crippen LogP contribution is -2.52. The van der Waals surface area contributed by atoms with Crippen molar-refractivity contribution in [2.75, 3.05) is 13.1 Å². The zero-order chi connectivity index (χ0) is 23.0. The first-order valence-corrected chi connectivity index (χ1v) is 10.0. The lowest BCUT2D eigenvalue weighted by atomic mass is 10.0. The van der Waals surface area contributed by atoms with Crippen LogP contribution in [0.25, 0.3) is 11.1 Å². The third kappa shape index (κ3) is 7.42. The van der Waals surface area contributed by atoms with Crippen LogP contribution in [0.4, 0.5) is 4.79 Å². The van der Waals surface area contributed by atoms with Crippen LogP contribution in [0.5, 0.6) is 0 Å². The molecule has 0 aliphatic heterocycles. The molecular weight excluding hydrogens is 400 g/mol. The van der Waals surface area contributed by atoms with E-state index in [9.17, 15) is 24.6 Å². The Morgan fingerprint density at radius 3 is 1.97 bits per heavy atom. The van der Waals surface area contributed by atoms with Gasteiger partial charge in [0.05, 0.1) is 6.54 Å². The monoisotopic (exact) mass is 428 g/mol. The molecule has 166 valence electrons. The highest BCUT2D eigenvalue weighted by molar-refractivity contribution is 5.83. The molecule has 0 saturated carbocycles. The van der Waals surface area contributed by atoms with Gasteiger partial charge in [0.1, 0.15) is 6.04 Å². The van der Waals surface area contributed by atoms with E-state index in [4.69, 9.17) is 5.11 Å². The molecule has 2 amide bonds. The van der Waals surface area contributed by atoms with Crippen LogP contribution < -0.4 is 5.32 Å². The summed E-state index contributed by atoms with van der Waals surface area (Å²) in [5.41, 5.74) is 2.76. The molecule has 4 N–H and O–H groups in total. The Morgan fingerprint density at radius 1 is 0.871 bits per heavy atom. The maximum Gasteiger partial charge on any atom is 0.334 e. The number of nitrogens with one attached hydrogen (secondary N) is 1. The average Bonchev–Trinajstić information content (AvgIpc) is 2.73. The highest BCUT2D eigenvalue weighted by atomic mass is 16.4. The van der Waals surface area contributed by atoms with Gasteiger partial charge in [-0.3, -0.25) is 0 Å². The number of hydrogen-bond acceptors (Lipinski definition) is 4. The third-order valence-corrected chi connectivity index (χ3v) is 4.65. The summed E-state index contributed by atoms with van der Waals surface area (Å²) in [6.07, 6.45) is -1.69.